The summed E-state index contributed by atoms with van der Waals surface area (Å²) < 4.78 is 8.10. The zero-order chi connectivity index (χ0) is 15.9. The van der Waals surface area contributed by atoms with Crippen molar-refractivity contribution in [3.8, 4) is 5.75 Å². The maximum absolute atomic E-state index is 5.97. The lowest BCUT2D eigenvalue weighted by Crippen LogP contribution is -2.24. The Labute approximate surface area is 161 Å². The van der Waals surface area contributed by atoms with Crippen LogP contribution in [-0.4, -0.2) is 11.3 Å². The van der Waals surface area contributed by atoms with Gasteiger partial charge in [0.25, 0.3) is 0 Å². The summed E-state index contributed by atoms with van der Waals surface area (Å²) in [7, 11) is 0. The second-order valence-electron chi connectivity index (χ2n) is 4.31. The number of nitrogens with one attached hydrogen (secondary N) is 1. The number of ether oxygens (including phenoxy) is 1. The summed E-state index contributed by atoms with van der Waals surface area (Å²) in [5.74, 6) is 0.790. The highest BCUT2D eigenvalue weighted by molar-refractivity contribution is 14.1. The highest BCUT2D eigenvalue weighted by atomic mass is 127. The third kappa shape index (κ3) is 5.36. The minimum Gasteiger partial charge on any atom is -0.487 e. The third-order valence-electron chi connectivity index (χ3n) is 2.64. The summed E-state index contributed by atoms with van der Waals surface area (Å²) in [5, 5.41) is 4.14. The van der Waals surface area contributed by atoms with Crippen molar-refractivity contribution in [2.24, 2.45) is 10.8 Å². The molecule has 0 heterocycles. The van der Waals surface area contributed by atoms with Crippen LogP contribution in [0.2, 0.25) is 0 Å². The molecular weight excluding hydrogens is 524 g/mol. The van der Waals surface area contributed by atoms with Crippen molar-refractivity contribution < 1.29 is 4.74 Å². The van der Waals surface area contributed by atoms with Crippen molar-refractivity contribution in [3.05, 3.63) is 60.7 Å². The van der Waals surface area contributed by atoms with E-state index in [4.69, 9.17) is 22.7 Å². The summed E-state index contributed by atoms with van der Waals surface area (Å²) >= 11 is 9.25. The quantitative estimate of drug-likeness (QED) is 0.265. The number of hydrazone groups is 1. The van der Waals surface area contributed by atoms with Crippen LogP contribution in [0.4, 0.5) is 0 Å². The van der Waals surface area contributed by atoms with Crippen LogP contribution in [0.15, 0.2) is 47.6 Å². The van der Waals surface area contributed by atoms with Crippen LogP contribution in [0, 0.1) is 7.14 Å². The van der Waals surface area contributed by atoms with Gasteiger partial charge in [0, 0.05) is 9.13 Å². The lowest BCUT2D eigenvalue weighted by molar-refractivity contribution is 0.303. The Hall–Kier alpha value is -0.940. The fourth-order valence-electron chi connectivity index (χ4n) is 1.72. The normalized spacial score (nSPS) is 10.6. The molecule has 2 aromatic carbocycles. The van der Waals surface area contributed by atoms with Gasteiger partial charge in [-0.2, -0.15) is 5.10 Å². The first kappa shape index (κ1) is 17.4. The van der Waals surface area contributed by atoms with E-state index < -0.39 is 0 Å². The number of nitrogens with zero attached hydrogens (tertiary/aromatic N) is 1. The zero-order valence-electron chi connectivity index (χ0n) is 11.4. The van der Waals surface area contributed by atoms with Gasteiger partial charge in [-0.3, -0.25) is 5.43 Å². The van der Waals surface area contributed by atoms with Crippen LogP contribution in [0.5, 0.6) is 5.75 Å². The highest BCUT2D eigenvalue weighted by Gasteiger charge is 2.09. The molecule has 0 saturated heterocycles. The van der Waals surface area contributed by atoms with Crippen LogP contribution in [0.3, 0.4) is 0 Å². The largest absolute Gasteiger partial charge is 0.487 e. The first-order valence-corrected chi connectivity index (χ1v) is 8.87. The number of halogens is 2. The van der Waals surface area contributed by atoms with E-state index in [9.17, 15) is 0 Å². The minimum atomic E-state index is 0.128. The lowest BCUT2D eigenvalue weighted by Gasteiger charge is -2.12. The Balaban J connectivity index is 2.21. The van der Waals surface area contributed by atoms with Crippen LogP contribution in [-0.2, 0) is 6.61 Å². The standard InChI is InChI=1S/C15H13I2N3OS/c16-12-6-11(8-19-20-15(18)22)14(13(17)7-12)21-9-10-4-2-1-3-5-10/h1-8H,9H2,(H3,18,20,22). The second-order valence-corrected chi connectivity index (χ2v) is 7.16. The van der Waals surface area contributed by atoms with E-state index >= 15 is 0 Å². The highest BCUT2D eigenvalue weighted by Crippen LogP contribution is 2.28. The lowest BCUT2D eigenvalue weighted by atomic mass is 10.2. The zero-order valence-corrected chi connectivity index (χ0v) is 16.6. The molecule has 114 valence electrons. The molecule has 0 aliphatic carbocycles. The van der Waals surface area contributed by atoms with Gasteiger partial charge in [0.05, 0.1) is 9.78 Å². The summed E-state index contributed by atoms with van der Waals surface area (Å²) in [6.45, 7) is 0.501. The molecule has 0 aromatic heterocycles. The van der Waals surface area contributed by atoms with Crippen LogP contribution < -0.4 is 15.9 Å². The van der Waals surface area contributed by atoms with Crippen molar-refractivity contribution in [2.45, 2.75) is 6.61 Å². The van der Waals surface area contributed by atoms with E-state index in [2.05, 4.69) is 61.8 Å². The molecule has 7 heteroatoms. The molecule has 0 spiro atoms. The van der Waals surface area contributed by atoms with Crippen molar-refractivity contribution in [1.82, 2.24) is 5.43 Å². The van der Waals surface area contributed by atoms with Gasteiger partial charge in [-0.1, -0.05) is 30.3 Å². The maximum Gasteiger partial charge on any atom is 0.184 e. The fraction of sp³-hybridized carbons (Fsp3) is 0.0667. The average molecular weight is 537 g/mol. The first-order chi connectivity index (χ1) is 10.6. The van der Waals surface area contributed by atoms with E-state index in [0.717, 1.165) is 24.0 Å². The number of benzene rings is 2. The maximum atomic E-state index is 5.97. The first-order valence-electron chi connectivity index (χ1n) is 6.30. The summed E-state index contributed by atoms with van der Waals surface area (Å²) in [5.41, 5.74) is 9.90. The van der Waals surface area contributed by atoms with Gasteiger partial charge >= 0.3 is 0 Å². The topological polar surface area (TPSA) is 59.6 Å². The van der Waals surface area contributed by atoms with Gasteiger partial charge in [0.15, 0.2) is 5.11 Å². The molecule has 0 radical (unpaired) electrons. The molecule has 2 aromatic rings. The molecule has 0 saturated carbocycles. The van der Waals surface area contributed by atoms with Crippen molar-refractivity contribution >= 4 is 68.7 Å². The Morgan fingerprint density at radius 1 is 1.27 bits per heavy atom. The Bertz CT molecular complexity index is 693. The fourth-order valence-corrected chi connectivity index (χ4v) is 3.82. The number of hydrogen-bond acceptors (Lipinski definition) is 3. The van der Waals surface area contributed by atoms with Gasteiger partial charge in [-0.25, -0.2) is 0 Å². The molecule has 0 aliphatic rings. The smallest absolute Gasteiger partial charge is 0.184 e. The van der Waals surface area contributed by atoms with Crippen molar-refractivity contribution in [1.29, 1.82) is 0 Å². The minimum absolute atomic E-state index is 0.128. The predicted octanol–water partition coefficient (Wildman–Crippen LogP) is 3.64. The Morgan fingerprint density at radius 3 is 2.68 bits per heavy atom. The van der Waals surface area contributed by atoms with Crippen molar-refractivity contribution in [3.63, 3.8) is 0 Å². The predicted molar refractivity (Wildman–Crippen MR) is 110 cm³/mol. The number of hydrogen-bond donors (Lipinski definition) is 2. The van der Waals surface area contributed by atoms with Gasteiger partial charge in [0.2, 0.25) is 0 Å². The summed E-state index contributed by atoms with van der Waals surface area (Å²) in [6, 6.07) is 14.1. The van der Waals surface area contributed by atoms with E-state index in [0.29, 0.717) is 6.61 Å². The monoisotopic (exact) mass is 537 g/mol. The molecular formula is C15H13I2N3OS. The molecule has 22 heavy (non-hydrogen) atoms. The molecule has 0 fully saturated rings. The Kier molecular flexibility index (Phi) is 6.83. The van der Waals surface area contributed by atoms with Gasteiger partial charge in [-0.05, 0) is 75.1 Å². The average Bonchev–Trinajstić information content (AvgIpc) is 2.47. The van der Waals surface area contributed by atoms with Crippen molar-refractivity contribution in [2.75, 3.05) is 0 Å². The second kappa shape index (κ2) is 8.63. The number of thiocarbonyl (C=S) groups is 1. The third-order valence-corrected chi connectivity index (χ3v) is 4.16. The molecule has 0 atom stereocenters. The van der Waals surface area contributed by atoms with Gasteiger partial charge in [-0.15, -0.1) is 0 Å². The van der Waals surface area contributed by atoms with E-state index in [1.54, 1.807) is 6.21 Å². The molecule has 4 nitrogen and oxygen atoms in total. The molecule has 0 aliphatic heterocycles. The van der Waals surface area contributed by atoms with Crippen LogP contribution >= 0.6 is 57.4 Å². The SMILES string of the molecule is NC(=S)NN=Cc1cc(I)cc(I)c1OCc1ccccc1. The van der Waals surface area contributed by atoms with E-state index in [1.807, 2.05) is 36.4 Å². The van der Waals surface area contributed by atoms with Crippen LogP contribution in [0.25, 0.3) is 0 Å². The summed E-state index contributed by atoms with van der Waals surface area (Å²) in [6.07, 6.45) is 1.66. The van der Waals surface area contributed by atoms with Crippen LogP contribution in [0.1, 0.15) is 11.1 Å². The number of nitrogens with two attached hydrogens (primary N) is 1. The molecule has 0 bridgehead atoms. The molecule has 0 unspecified atom stereocenters. The van der Waals surface area contributed by atoms with E-state index in [1.165, 1.54) is 0 Å². The molecule has 0 amide bonds. The van der Waals surface area contributed by atoms with E-state index in [-0.39, 0.29) is 5.11 Å². The van der Waals surface area contributed by atoms with Gasteiger partial charge in [0.1, 0.15) is 12.4 Å². The number of rotatable bonds is 5. The Morgan fingerprint density at radius 2 is 2.00 bits per heavy atom. The molecule has 2 rings (SSSR count). The summed E-state index contributed by atoms with van der Waals surface area (Å²) in [4.78, 5) is 0. The molecule has 3 N–H and O–H groups in total. The van der Waals surface area contributed by atoms with Gasteiger partial charge < -0.3 is 10.5 Å².